The molecule has 0 amide bonds. The summed E-state index contributed by atoms with van der Waals surface area (Å²) >= 11 is 0. The molecule has 0 aliphatic heterocycles. The molecule has 4 heteroatoms. The first kappa shape index (κ1) is 8.23. The fourth-order valence-electron chi connectivity index (χ4n) is 0.294. The SMILES string of the molecule is CN=C(N)OCCOC. The van der Waals surface area contributed by atoms with Crippen molar-refractivity contribution >= 4 is 6.02 Å². The van der Waals surface area contributed by atoms with Gasteiger partial charge in [0, 0.05) is 14.2 Å². The molecule has 0 saturated carbocycles. The quantitative estimate of drug-likeness (QED) is 0.323. The molecule has 0 fully saturated rings. The average molecular weight is 132 g/mol. The highest BCUT2D eigenvalue weighted by atomic mass is 16.5. The highest BCUT2D eigenvalue weighted by Crippen LogP contribution is 1.74. The van der Waals surface area contributed by atoms with E-state index in [0.717, 1.165) is 0 Å². The molecule has 0 radical (unpaired) electrons. The lowest BCUT2D eigenvalue weighted by molar-refractivity contribution is 0.140. The molecule has 0 aliphatic rings. The summed E-state index contributed by atoms with van der Waals surface area (Å²) in [7, 11) is 3.17. The highest BCUT2D eigenvalue weighted by Gasteiger charge is 1.87. The van der Waals surface area contributed by atoms with E-state index in [1.807, 2.05) is 0 Å². The van der Waals surface area contributed by atoms with Crippen molar-refractivity contribution in [3.63, 3.8) is 0 Å². The highest BCUT2D eigenvalue weighted by molar-refractivity contribution is 5.70. The number of hydrogen-bond donors (Lipinski definition) is 1. The summed E-state index contributed by atoms with van der Waals surface area (Å²) in [5.74, 6) is 0. The topological polar surface area (TPSA) is 56.8 Å². The van der Waals surface area contributed by atoms with Crippen LogP contribution in [0.3, 0.4) is 0 Å². The first-order valence-corrected chi connectivity index (χ1v) is 2.65. The van der Waals surface area contributed by atoms with Gasteiger partial charge in [-0.2, -0.15) is 0 Å². The molecule has 0 spiro atoms. The number of rotatable bonds is 3. The Balaban J connectivity index is 3.07. The molecule has 0 unspecified atom stereocenters. The van der Waals surface area contributed by atoms with E-state index in [1.165, 1.54) is 0 Å². The van der Waals surface area contributed by atoms with Gasteiger partial charge in [-0.25, -0.2) is 4.99 Å². The van der Waals surface area contributed by atoms with E-state index >= 15 is 0 Å². The third-order valence-corrected chi connectivity index (χ3v) is 0.758. The maximum Gasteiger partial charge on any atom is 0.281 e. The van der Waals surface area contributed by atoms with E-state index in [0.29, 0.717) is 13.2 Å². The number of ether oxygens (including phenoxy) is 2. The maximum absolute atomic E-state index is 5.19. The normalized spacial score (nSPS) is 11.6. The molecular weight excluding hydrogens is 120 g/mol. The second-order valence-corrected chi connectivity index (χ2v) is 1.40. The van der Waals surface area contributed by atoms with Crippen molar-refractivity contribution in [3.8, 4) is 0 Å². The molecule has 0 saturated heterocycles. The van der Waals surface area contributed by atoms with Crippen LogP contribution in [0.5, 0.6) is 0 Å². The van der Waals surface area contributed by atoms with E-state index < -0.39 is 0 Å². The molecule has 0 atom stereocenters. The fraction of sp³-hybridized carbons (Fsp3) is 0.800. The summed E-state index contributed by atoms with van der Waals surface area (Å²) in [6, 6.07) is 0.201. The molecule has 9 heavy (non-hydrogen) atoms. The number of aliphatic imine (C=N–C) groups is 1. The lowest BCUT2D eigenvalue weighted by atomic mass is 10.8. The number of amidine groups is 1. The van der Waals surface area contributed by atoms with Crippen LogP contribution in [-0.4, -0.2) is 33.4 Å². The van der Waals surface area contributed by atoms with Gasteiger partial charge in [0.05, 0.1) is 6.61 Å². The van der Waals surface area contributed by atoms with Crippen LogP contribution in [0, 0.1) is 0 Å². The predicted octanol–water partition coefficient (Wildman–Crippen LogP) is -0.406. The number of methoxy groups -OCH3 is 1. The molecular formula is C5H12N2O2. The first-order chi connectivity index (χ1) is 4.31. The molecule has 0 heterocycles. The zero-order valence-electron chi connectivity index (χ0n) is 5.76. The Morgan fingerprint density at radius 1 is 1.56 bits per heavy atom. The largest absolute Gasteiger partial charge is 0.463 e. The molecule has 0 aromatic heterocycles. The van der Waals surface area contributed by atoms with Gasteiger partial charge >= 0.3 is 0 Å². The van der Waals surface area contributed by atoms with E-state index in [2.05, 4.69) is 4.99 Å². The van der Waals surface area contributed by atoms with Gasteiger partial charge in [0.25, 0.3) is 6.02 Å². The fourth-order valence-corrected chi connectivity index (χ4v) is 0.294. The number of nitrogens with two attached hydrogens (primary N) is 1. The summed E-state index contributed by atoms with van der Waals surface area (Å²) in [5, 5.41) is 0. The van der Waals surface area contributed by atoms with Crippen LogP contribution in [0.25, 0.3) is 0 Å². The van der Waals surface area contributed by atoms with Crippen LogP contribution < -0.4 is 5.73 Å². The Bertz CT molecular complexity index is 93.0. The van der Waals surface area contributed by atoms with Crippen molar-refractivity contribution in [2.75, 3.05) is 27.4 Å². The number of nitrogens with zero attached hydrogens (tertiary/aromatic N) is 1. The van der Waals surface area contributed by atoms with Crippen LogP contribution in [0.15, 0.2) is 4.99 Å². The van der Waals surface area contributed by atoms with Gasteiger partial charge < -0.3 is 15.2 Å². The van der Waals surface area contributed by atoms with Crippen LogP contribution >= 0.6 is 0 Å². The maximum atomic E-state index is 5.19. The van der Waals surface area contributed by atoms with E-state index in [-0.39, 0.29) is 6.02 Å². The van der Waals surface area contributed by atoms with E-state index in [9.17, 15) is 0 Å². The molecule has 0 bridgehead atoms. The van der Waals surface area contributed by atoms with Gasteiger partial charge in [0.1, 0.15) is 6.61 Å². The zero-order valence-corrected chi connectivity index (χ0v) is 5.76. The summed E-state index contributed by atoms with van der Waals surface area (Å²) < 4.78 is 9.54. The first-order valence-electron chi connectivity index (χ1n) is 2.65. The van der Waals surface area contributed by atoms with Crippen molar-refractivity contribution in [1.82, 2.24) is 0 Å². The minimum Gasteiger partial charge on any atom is -0.463 e. The minimum atomic E-state index is 0.201. The molecule has 0 aliphatic carbocycles. The third kappa shape index (κ3) is 5.10. The van der Waals surface area contributed by atoms with Crippen molar-refractivity contribution in [3.05, 3.63) is 0 Å². The second-order valence-electron chi connectivity index (χ2n) is 1.40. The van der Waals surface area contributed by atoms with E-state index in [4.69, 9.17) is 15.2 Å². The Morgan fingerprint density at radius 2 is 2.22 bits per heavy atom. The molecule has 2 N–H and O–H groups in total. The summed E-state index contributed by atoms with van der Waals surface area (Å²) in [6.07, 6.45) is 0. The lowest BCUT2D eigenvalue weighted by Gasteiger charge is -2.01. The Kier molecular flexibility index (Phi) is 4.91. The molecule has 0 aromatic rings. The number of hydrogen-bond acceptors (Lipinski definition) is 3. The van der Waals surface area contributed by atoms with Crippen molar-refractivity contribution < 1.29 is 9.47 Å². The zero-order chi connectivity index (χ0) is 7.11. The van der Waals surface area contributed by atoms with Gasteiger partial charge in [0.15, 0.2) is 0 Å². The molecule has 54 valence electrons. The van der Waals surface area contributed by atoms with Crippen LogP contribution in [0.1, 0.15) is 0 Å². The van der Waals surface area contributed by atoms with Crippen LogP contribution in [0.4, 0.5) is 0 Å². The average Bonchev–Trinajstić information content (AvgIpc) is 1.89. The Labute approximate surface area is 54.7 Å². The van der Waals surface area contributed by atoms with Gasteiger partial charge in [-0.05, 0) is 0 Å². The minimum absolute atomic E-state index is 0.201. The summed E-state index contributed by atoms with van der Waals surface area (Å²) in [4.78, 5) is 3.58. The van der Waals surface area contributed by atoms with Crippen molar-refractivity contribution in [2.45, 2.75) is 0 Å². The molecule has 0 rings (SSSR count). The summed E-state index contributed by atoms with van der Waals surface area (Å²) in [5.41, 5.74) is 5.19. The molecule has 0 aromatic carbocycles. The standard InChI is InChI=1S/C5H12N2O2/c1-7-5(6)9-4-3-8-2/h3-4H2,1-2H3,(H2,6,7). The van der Waals surface area contributed by atoms with Crippen LogP contribution in [0.2, 0.25) is 0 Å². The van der Waals surface area contributed by atoms with E-state index in [1.54, 1.807) is 14.2 Å². The van der Waals surface area contributed by atoms with Crippen molar-refractivity contribution in [2.24, 2.45) is 10.7 Å². The van der Waals surface area contributed by atoms with Gasteiger partial charge in [0.2, 0.25) is 0 Å². The van der Waals surface area contributed by atoms with Gasteiger partial charge in [-0.1, -0.05) is 0 Å². The summed E-state index contributed by atoms with van der Waals surface area (Å²) in [6.45, 7) is 0.996. The molecule has 4 nitrogen and oxygen atoms in total. The Hall–Kier alpha value is -0.770. The third-order valence-electron chi connectivity index (χ3n) is 0.758. The smallest absolute Gasteiger partial charge is 0.281 e. The van der Waals surface area contributed by atoms with Gasteiger partial charge in [-0.3, -0.25) is 0 Å². The second kappa shape index (κ2) is 5.37. The predicted molar refractivity (Wildman–Crippen MR) is 35.4 cm³/mol. The van der Waals surface area contributed by atoms with Crippen molar-refractivity contribution in [1.29, 1.82) is 0 Å². The Morgan fingerprint density at radius 3 is 2.67 bits per heavy atom. The van der Waals surface area contributed by atoms with Gasteiger partial charge in [-0.15, -0.1) is 0 Å². The lowest BCUT2D eigenvalue weighted by Crippen LogP contribution is -2.18. The monoisotopic (exact) mass is 132 g/mol. The van der Waals surface area contributed by atoms with Crippen LogP contribution in [-0.2, 0) is 9.47 Å².